The highest BCUT2D eigenvalue weighted by Crippen LogP contribution is 2.22. The standard InChI is InChI=1S/C11H16N6O/c1-2-12-11-15-9(14-7-3-4-18-6-7)8-5-13-17-10(8)16-11/h5,7H,2-4,6H2,1H3,(H3,12,13,14,15,16,17). The third kappa shape index (κ3) is 2.08. The second-order valence-corrected chi connectivity index (χ2v) is 4.26. The zero-order chi connectivity index (χ0) is 12.4. The summed E-state index contributed by atoms with van der Waals surface area (Å²) in [6.45, 7) is 4.32. The molecule has 7 nitrogen and oxygen atoms in total. The summed E-state index contributed by atoms with van der Waals surface area (Å²) in [6.07, 6.45) is 2.74. The maximum Gasteiger partial charge on any atom is 0.226 e. The highest BCUT2D eigenvalue weighted by Gasteiger charge is 2.18. The van der Waals surface area contributed by atoms with Crippen LogP contribution in [0.15, 0.2) is 6.20 Å². The van der Waals surface area contributed by atoms with Crippen molar-refractivity contribution < 1.29 is 4.74 Å². The fourth-order valence-electron chi connectivity index (χ4n) is 2.02. The van der Waals surface area contributed by atoms with Gasteiger partial charge in [0.1, 0.15) is 5.82 Å². The molecular formula is C11H16N6O. The lowest BCUT2D eigenvalue weighted by molar-refractivity contribution is 0.195. The third-order valence-corrected chi connectivity index (χ3v) is 2.92. The van der Waals surface area contributed by atoms with E-state index in [4.69, 9.17) is 4.74 Å². The minimum absolute atomic E-state index is 0.312. The molecule has 1 aliphatic heterocycles. The van der Waals surface area contributed by atoms with Crippen molar-refractivity contribution in [1.82, 2.24) is 20.2 Å². The van der Waals surface area contributed by atoms with Gasteiger partial charge in [0.15, 0.2) is 5.65 Å². The van der Waals surface area contributed by atoms with Gasteiger partial charge >= 0.3 is 0 Å². The van der Waals surface area contributed by atoms with Crippen molar-refractivity contribution in [3.63, 3.8) is 0 Å². The van der Waals surface area contributed by atoms with Gasteiger partial charge in [-0.2, -0.15) is 15.1 Å². The van der Waals surface area contributed by atoms with Crippen LogP contribution >= 0.6 is 0 Å². The lowest BCUT2D eigenvalue weighted by Gasteiger charge is -2.13. The minimum atomic E-state index is 0.312. The summed E-state index contributed by atoms with van der Waals surface area (Å²) < 4.78 is 5.36. The lowest BCUT2D eigenvalue weighted by Crippen LogP contribution is -2.20. The van der Waals surface area contributed by atoms with Crippen molar-refractivity contribution >= 4 is 22.8 Å². The number of ether oxygens (including phenoxy) is 1. The Morgan fingerprint density at radius 2 is 2.44 bits per heavy atom. The van der Waals surface area contributed by atoms with Crippen LogP contribution in [0.4, 0.5) is 11.8 Å². The van der Waals surface area contributed by atoms with Crippen molar-refractivity contribution in [2.45, 2.75) is 19.4 Å². The predicted octanol–water partition coefficient (Wildman–Crippen LogP) is 0.985. The Labute approximate surface area is 104 Å². The van der Waals surface area contributed by atoms with E-state index in [2.05, 4.69) is 30.8 Å². The summed E-state index contributed by atoms with van der Waals surface area (Å²) in [5.74, 6) is 1.41. The van der Waals surface area contributed by atoms with E-state index < -0.39 is 0 Å². The normalized spacial score (nSPS) is 19.3. The second kappa shape index (κ2) is 4.77. The van der Waals surface area contributed by atoms with Crippen molar-refractivity contribution in [1.29, 1.82) is 0 Å². The molecule has 1 fully saturated rings. The van der Waals surface area contributed by atoms with Gasteiger partial charge in [-0.05, 0) is 13.3 Å². The molecule has 1 aliphatic rings. The predicted molar refractivity (Wildman–Crippen MR) is 68.7 cm³/mol. The molecule has 0 saturated carbocycles. The number of nitrogens with zero attached hydrogens (tertiary/aromatic N) is 3. The Morgan fingerprint density at radius 3 is 3.22 bits per heavy atom. The van der Waals surface area contributed by atoms with Gasteiger partial charge in [0.05, 0.1) is 24.2 Å². The molecule has 2 aromatic rings. The first-order valence-electron chi connectivity index (χ1n) is 6.16. The van der Waals surface area contributed by atoms with Gasteiger partial charge in [0.25, 0.3) is 0 Å². The van der Waals surface area contributed by atoms with Crippen LogP contribution in [0.2, 0.25) is 0 Å². The zero-order valence-electron chi connectivity index (χ0n) is 10.2. The number of aromatic nitrogens is 4. The molecule has 96 valence electrons. The van der Waals surface area contributed by atoms with Crippen LogP contribution in [-0.2, 0) is 4.74 Å². The molecule has 0 spiro atoms. The lowest BCUT2D eigenvalue weighted by atomic mass is 10.2. The summed E-state index contributed by atoms with van der Waals surface area (Å²) >= 11 is 0. The Hall–Kier alpha value is -1.89. The maximum atomic E-state index is 5.36. The molecule has 1 unspecified atom stereocenters. The highest BCUT2D eigenvalue weighted by atomic mass is 16.5. The van der Waals surface area contributed by atoms with Crippen LogP contribution in [0, 0.1) is 0 Å². The van der Waals surface area contributed by atoms with E-state index in [1.165, 1.54) is 0 Å². The Morgan fingerprint density at radius 1 is 1.50 bits per heavy atom. The van der Waals surface area contributed by atoms with Gasteiger partial charge < -0.3 is 15.4 Å². The zero-order valence-corrected chi connectivity index (χ0v) is 10.2. The monoisotopic (exact) mass is 248 g/mol. The second-order valence-electron chi connectivity index (χ2n) is 4.26. The Balaban J connectivity index is 1.93. The third-order valence-electron chi connectivity index (χ3n) is 2.92. The van der Waals surface area contributed by atoms with Gasteiger partial charge in [-0.25, -0.2) is 0 Å². The number of aromatic amines is 1. The molecule has 0 bridgehead atoms. The average molecular weight is 248 g/mol. The van der Waals surface area contributed by atoms with E-state index in [1.54, 1.807) is 6.20 Å². The van der Waals surface area contributed by atoms with Crippen LogP contribution in [0.25, 0.3) is 11.0 Å². The van der Waals surface area contributed by atoms with Crippen LogP contribution in [0.3, 0.4) is 0 Å². The first kappa shape index (κ1) is 11.2. The minimum Gasteiger partial charge on any atom is -0.379 e. The quantitative estimate of drug-likeness (QED) is 0.747. The van der Waals surface area contributed by atoms with Crippen LogP contribution < -0.4 is 10.6 Å². The van der Waals surface area contributed by atoms with Gasteiger partial charge in [0.2, 0.25) is 5.95 Å². The number of hydrogen-bond donors (Lipinski definition) is 3. The van der Waals surface area contributed by atoms with E-state index in [0.717, 1.165) is 43.0 Å². The van der Waals surface area contributed by atoms with Crippen LogP contribution in [0.5, 0.6) is 0 Å². The number of rotatable bonds is 4. The summed E-state index contributed by atoms with van der Waals surface area (Å²) in [5, 5.41) is 14.3. The van der Waals surface area contributed by atoms with E-state index in [-0.39, 0.29) is 0 Å². The number of fused-ring (bicyclic) bond motifs is 1. The first-order valence-corrected chi connectivity index (χ1v) is 6.16. The molecule has 18 heavy (non-hydrogen) atoms. The molecule has 0 radical (unpaired) electrons. The Kier molecular flexibility index (Phi) is 2.97. The molecule has 2 aromatic heterocycles. The first-order chi connectivity index (χ1) is 8.86. The molecule has 0 amide bonds. The molecule has 3 N–H and O–H groups in total. The van der Waals surface area contributed by atoms with Crippen molar-refractivity contribution in [2.24, 2.45) is 0 Å². The summed E-state index contributed by atoms with van der Waals surface area (Å²) in [4.78, 5) is 8.83. The number of anilines is 2. The van der Waals surface area contributed by atoms with E-state index >= 15 is 0 Å². The van der Waals surface area contributed by atoms with Crippen molar-refractivity contribution in [3.05, 3.63) is 6.20 Å². The molecule has 3 heterocycles. The van der Waals surface area contributed by atoms with E-state index in [0.29, 0.717) is 12.0 Å². The summed E-state index contributed by atoms with van der Waals surface area (Å²) in [6, 6.07) is 0.312. The fraction of sp³-hybridized carbons (Fsp3) is 0.545. The molecule has 7 heteroatoms. The van der Waals surface area contributed by atoms with Gasteiger partial charge in [-0.3, -0.25) is 5.10 Å². The largest absolute Gasteiger partial charge is 0.379 e. The SMILES string of the molecule is CCNc1nc(NC2CCOC2)c2cn[nH]c2n1. The molecule has 3 rings (SSSR count). The smallest absolute Gasteiger partial charge is 0.226 e. The van der Waals surface area contributed by atoms with Crippen LogP contribution in [-0.4, -0.2) is 46.0 Å². The average Bonchev–Trinajstić information content (AvgIpc) is 2.99. The van der Waals surface area contributed by atoms with Crippen LogP contribution in [0.1, 0.15) is 13.3 Å². The fourth-order valence-corrected chi connectivity index (χ4v) is 2.02. The maximum absolute atomic E-state index is 5.36. The molecule has 1 atom stereocenters. The van der Waals surface area contributed by atoms with Gasteiger partial charge in [-0.1, -0.05) is 0 Å². The van der Waals surface area contributed by atoms with Gasteiger partial charge in [-0.15, -0.1) is 0 Å². The molecule has 0 aromatic carbocycles. The van der Waals surface area contributed by atoms with E-state index in [9.17, 15) is 0 Å². The van der Waals surface area contributed by atoms with Crippen molar-refractivity contribution in [2.75, 3.05) is 30.4 Å². The van der Waals surface area contributed by atoms with Crippen molar-refractivity contribution in [3.8, 4) is 0 Å². The number of nitrogens with one attached hydrogen (secondary N) is 3. The molecular weight excluding hydrogens is 232 g/mol. The molecule has 1 saturated heterocycles. The number of hydrogen-bond acceptors (Lipinski definition) is 6. The summed E-state index contributed by atoms with van der Waals surface area (Å²) in [7, 11) is 0. The summed E-state index contributed by atoms with van der Waals surface area (Å²) in [5.41, 5.74) is 0.738. The van der Waals surface area contributed by atoms with E-state index in [1.807, 2.05) is 6.92 Å². The van der Waals surface area contributed by atoms with Gasteiger partial charge in [0, 0.05) is 13.2 Å². The highest BCUT2D eigenvalue weighted by molar-refractivity contribution is 5.87. The Bertz CT molecular complexity index is 533. The molecule has 0 aliphatic carbocycles. The topological polar surface area (TPSA) is 87.8 Å². The number of H-pyrrole nitrogens is 1.